The number of carboxylic acid groups (broad SMARTS) is 1. The molecule has 0 aromatic rings. The van der Waals surface area contributed by atoms with Gasteiger partial charge in [-0.25, -0.2) is 0 Å². The normalized spacial score (nSPS) is 40.4. The van der Waals surface area contributed by atoms with Gasteiger partial charge in [-0.1, -0.05) is 0 Å². The molecule has 0 radical (unpaired) electrons. The lowest BCUT2D eigenvalue weighted by Gasteiger charge is -2.00. The van der Waals surface area contributed by atoms with Crippen molar-refractivity contribution in [3.63, 3.8) is 0 Å². The largest absolute Gasteiger partial charge is 0.480 e. The van der Waals surface area contributed by atoms with E-state index >= 15 is 0 Å². The summed E-state index contributed by atoms with van der Waals surface area (Å²) in [6.45, 7) is -0.122. The summed E-state index contributed by atoms with van der Waals surface area (Å²) >= 11 is 0. The topological polar surface area (TPSA) is 83.6 Å². The standard InChI is InChI=1S/C5H9NO3/c6-5(4(8)9)1-3(5)2-7/h3,7H,1-2,6H2,(H,8,9)/t3-,5-/m0/s1. The summed E-state index contributed by atoms with van der Waals surface area (Å²) in [6.07, 6.45) is 0.402. The number of rotatable bonds is 2. The SMILES string of the molecule is N[C@@]1(C(=O)O)C[C@H]1CO. The van der Waals surface area contributed by atoms with E-state index in [0.29, 0.717) is 6.42 Å². The minimum absolute atomic E-state index is 0.122. The highest BCUT2D eigenvalue weighted by Gasteiger charge is 2.57. The number of aliphatic hydroxyl groups excluding tert-OH is 1. The second-order valence-electron chi connectivity index (χ2n) is 2.43. The van der Waals surface area contributed by atoms with E-state index in [1.165, 1.54) is 0 Å². The van der Waals surface area contributed by atoms with Crippen LogP contribution in [0.4, 0.5) is 0 Å². The van der Waals surface area contributed by atoms with E-state index in [0.717, 1.165) is 0 Å². The molecule has 1 aliphatic rings. The molecule has 0 amide bonds. The molecule has 0 heterocycles. The third kappa shape index (κ3) is 0.799. The molecule has 0 unspecified atom stereocenters. The monoisotopic (exact) mass is 131 g/mol. The molecule has 0 bridgehead atoms. The van der Waals surface area contributed by atoms with Crippen molar-refractivity contribution in [2.45, 2.75) is 12.0 Å². The van der Waals surface area contributed by atoms with Gasteiger partial charge >= 0.3 is 5.97 Å². The first-order chi connectivity index (χ1) is 4.11. The van der Waals surface area contributed by atoms with E-state index in [2.05, 4.69) is 0 Å². The van der Waals surface area contributed by atoms with Crippen LogP contribution in [0.15, 0.2) is 0 Å². The van der Waals surface area contributed by atoms with Crippen LogP contribution in [0.1, 0.15) is 6.42 Å². The van der Waals surface area contributed by atoms with Gasteiger partial charge in [0.1, 0.15) is 5.54 Å². The molecule has 1 fully saturated rings. The number of hydrogen-bond acceptors (Lipinski definition) is 3. The first-order valence-electron chi connectivity index (χ1n) is 2.74. The molecular weight excluding hydrogens is 122 g/mol. The molecule has 52 valence electrons. The maximum Gasteiger partial charge on any atom is 0.324 e. The first-order valence-corrected chi connectivity index (χ1v) is 2.74. The number of aliphatic carboxylic acids is 1. The van der Waals surface area contributed by atoms with Crippen LogP contribution in [0.2, 0.25) is 0 Å². The second-order valence-corrected chi connectivity index (χ2v) is 2.43. The molecule has 1 rings (SSSR count). The lowest BCUT2D eigenvalue weighted by Crippen LogP contribution is -2.35. The summed E-state index contributed by atoms with van der Waals surface area (Å²) < 4.78 is 0. The molecule has 4 N–H and O–H groups in total. The highest BCUT2D eigenvalue weighted by atomic mass is 16.4. The van der Waals surface area contributed by atoms with Crippen molar-refractivity contribution in [1.82, 2.24) is 0 Å². The third-order valence-electron chi connectivity index (χ3n) is 1.77. The zero-order valence-corrected chi connectivity index (χ0v) is 4.87. The Bertz CT molecular complexity index is 147. The Hall–Kier alpha value is -0.610. The number of carbonyl (C=O) groups is 1. The van der Waals surface area contributed by atoms with Crippen molar-refractivity contribution in [2.24, 2.45) is 11.7 Å². The van der Waals surface area contributed by atoms with Crippen molar-refractivity contribution in [1.29, 1.82) is 0 Å². The minimum Gasteiger partial charge on any atom is -0.480 e. The molecule has 0 saturated heterocycles. The lowest BCUT2D eigenvalue weighted by atomic mass is 10.2. The van der Waals surface area contributed by atoms with E-state index in [4.69, 9.17) is 15.9 Å². The van der Waals surface area contributed by atoms with Gasteiger partial charge in [-0.05, 0) is 6.42 Å². The average molecular weight is 131 g/mol. The van der Waals surface area contributed by atoms with Crippen molar-refractivity contribution in [3.05, 3.63) is 0 Å². The molecule has 1 aliphatic carbocycles. The third-order valence-corrected chi connectivity index (χ3v) is 1.77. The van der Waals surface area contributed by atoms with Crippen LogP contribution in [0.25, 0.3) is 0 Å². The predicted molar refractivity (Wildman–Crippen MR) is 29.7 cm³/mol. The molecule has 1 saturated carbocycles. The summed E-state index contributed by atoms with van der Waals surface area (Å²) in [6, 6.07) is 0. The summed E-state index contributed by atoms with van der Waals surface area (Å²) in [5, 5.41) is 16.8. The summed E-state index contributed by atoms with van der Waals surface area (Å²) in [5.74, 6) is -1.24. The quantitative estimate of drug-likeness (QED) is 0.438. The van der Waals surface area contributed by atoms with Gasteiger partial charge in [-0.3, -0.25) is 4.79 Å². The molecule has 0 aromatic carbocycles. The van der Waals surface area contributed by atoms with Crippen LogP contribution in [0.3, 0.4) is 0 Å². The predicted octanol–water partition coefficient (Wildman–Crippen LogP) is -1.22. The van der Waals surface area contributed by atoms with Crippen LogP contribution >= 0.6 is 0 Å². The van der Waals surface area contributed by atoms with Gasteiger partial charge in [-0.2, -0.15) is 0 Å². The van der Waals surface area contributed by atoms with Crippen LogP contribution in [-0.4, -0.2) is 28.3 Å². The van der Waals surface area contributed by atoms with Gasteiger partial charge in [0.2, 0.25) is 0 Å². The number of aliphatic hydroxyl groups is 1. The molecule has 2 atom stereocenters. The van der Waals surface area contributed by atoms with Crippen LogP contribution in [0.5, 0.6) is 0 Å². The van der Waals surface area contributed by atoms with E-state index in [9.17, 15) is 4.79 Å². The van der Waals surface area contributed by atoms with Gasteiger partial charge in [0.05, 0.1) is 0 Å². The zero-order valence-electron chi connectivity index (χ0n) is 4.87. The van der Waals surface area contributed by atoms with E-state index in [1.807, 2.05) is 0 Å². The van der Waals surface area contributed by atoms with Gasteiger partial charge < -0.3 is 15.9 Å². The van der Waals surface area contributed by atoms with E-state index in [1.54, 1.807) is 0 Å². The number of hydrogen-bond donors (Lipinski definition) is 3. The Morgan fingerprint density at radius 2 is 2.44 bits per heavy atom. The molecule has 4 heteroatoms. The van der Waals surface area contributed by atoms with Gasteiger partial charge in [0.15, 0.2) is 0 Å². The molecule has 0 aromatic heterocycles. The Labute approximate surface area is 52.3 Å². The molecule has 4 nitrogen and oxygen atoms in total. The first kappa shape index (κ1) is 6.51. The molecular formula is C5H9NO3. The highest BCUT2D eigenvalue weighted by Crippen LogP contribution is 2.40. The average Bonchev–Trinajstić information content (AvgIpc) is 2.44. The van der Waals surface area contributed by atoms with Crippen molar-refractivity contribution < 1.29 is 15.0 Å². The smallest absolute Gasteiger partial charge is 0.324 e. The highest BCUT2D eigenvalue weighted by molar-refractivity contribution is 5.82. The molecule has 0 spiro atoms. The van der Waals surface area contributed by atoms with Gasteiger partial charge in [-0.15, -0.1) is 0 Å². The second kappa shape index (κ2) is 1.68. The van der Waals surface area contributed by atoms with Gasteiger partial charge in [0.25, 0.3) is 0 Å². The summed E-state index contributed by atoms with van der Waals surface area (Å²) in [5.41, 5.74) is 4.17. The van der Waals surface area contributed by atoms with Crippen molar-refractivity contribution >= 4 is 5.97 Å². The van der Waals surface area contributed by atoms with Crippen LogP contribution < -0.4 is 5.73 Å². The fourth-order valence-electron chi connectivity index (χ4n) is 0.838. The fourth-order valence-corrected chi connectivity index (χ4v) is 0.838. The van der Waals surface area contributed by atoms with Gasteiger partial charge in [0, 0.05) is 12.5 Å². The Morgan fingerprint density at radius 3 is 2.56 bits per heavy atom. The lowest BCUT2D eigenvalue weighted by molar-refractivity contribution is -0.140. The number of carboxylic acids is 1. The Kier molecular flexibility index (Phi) is 1.22. The summed E-state index contributed by atoms with van der Waals surface area (Å²) in [4.78, 5) is 10.2. The number of nitrogens with two attached hydrogens (primary N) is 1. The van der Waals surface area contributed by atoms with Crippen molar-refractivity contribution in [3.8, 4) is 0 Å². The maximum atomic E-state index is 10.2. The molecule has 9 heavy (non-hydrogen) atoms. The molecule has 0 aliphatic heterocycles. The minimum atomic E-state index is -1.12. The van der Waals surface area contributed by atoms with Crippen LogP contribution in [-0.2, 0) is 4.79 Å². The Morgan fingerprint density at radius 1 is 1.89 bits per heavy atom. The maximum absolute atomic E-state index is 10.2. The zero-order chi connectivity index (χ0) is 7.07. The Balaban J connectivity index is 2.52. The fraction of sp³-hybridized carbons (Fsp3) is 0.800. The van der Waals surface area contributed by atoms with Crippen LogP contribution in [0, 0.1) is 5.92 Å². The van der Waals surface area contributed by atoms with Crippen molar-refractivity contribution in [2.75, 3.05) is 6.61 Å². The summed E-state index contributed by atoms with van der Waals surface area (Å²) in [7, 11) is 0. The van der Waals surface area contributed by atoms with E-state index < -0.39 is 11.5 Å². The van der Waals surface area contributed by atoms with E-state index in [-0.39, 0.29) is 12.5 Å².